The van der Waals surface area contributed by atoms with E-state index in [1.54, 1.807) is 9.80 Å². The molecule has 2 N–H and O–H groups in total. The van der Waals surface area contributed by atoms with Crippen molar-refractivity contribution in [2.24, 2.45) is 0 Å². The highest BCUT2D eigenvalue weighted by molar-refractivity contribution is 8.23. The molecule has 0 spiro atoms. The van der Waals surface area contributed by atoms with Crippen LogP contribution in [0.1, 0.15) is 0 Å². The number of carbonyl (C=O) groups excluding carboxylic acids is 2. The molecular formula is C12H22N4O2S4. The molecule has 10 heteroatoms. The van der Waals surface area contributed by atoms with E-state index in [4.69, 9.17) is 24.4 Å². The molecule has 6 nitrogen and oxygen atoms in total. The zero-order chi connectivity index (χ0) is 17.1. The van der Waals surface area contributed by atoms with Gasteiger partial charge in [-0.15, -0.1) is 0 Å². The molecule has 0 aromatic rings. The van der Waals surface area contributed by atoms with E-state index in [0.717, 1.165) is 0 Å². The van der Waals surface area contributed by atoms with E-state index < -0.39 is 0 Å². The highest BCUT2D eigenvalue weighted by atomic mass is 32.2. The van der Waals surface area contributed by atoms with Gasteiger partial charge in [0, 0.05) is 41.3 Å². The molecule has 0 aliphatic carbocycles. The fourth-order valence-electron chi connectivity index (χ4n) is 1.02. The van der Waals surface area contributed by atoms with Gasteiger partial charge in [-0.25, -0.2) is 0 Å². The third-order valence-corrected chi connectivity index (χ3v) is 5.63. The van der Waals surface area contributed by atoms with Crippen molar-refractivity contribution >= 4 is 68.4 Å². The van der Waals surface area contributed by atoms with E-state index in [0.29, 0.717) is 21.7 Å². The van der Waals surface area contributed by atoms with Crippen LogP contribution in [-0.2, 0) is 9.59 Å². The molecule has 0 aromatic heterocycles. The molecule has 0 radical (unpaired) electrons. The van der Waals surface area contributed by atoms with Gasteiger partial charge in [-0.05, 0) is 0 Å². The molecule has 0 saturated carbocycles. The first-order chi connectivity index (χ1) is 10.2. The number of hydrogen-bond acceptors (Lipinski definition) is 6. The molecule has 0 rings (SSSR count). The predicted molar refractivity (Wildman–Crippen MR) is 104 cm³/mol. The third kappa shape index (κ3) is 11.0. The van der Waals surface area contributed by atoms with Crippen LogP contribution in [0.15, 0.2) is 0 Å². The number of amides is 2. The van der Waals surface area contributed by atoms with E-state index in [1.807, 2.05) is 28.2 Å². The van der Waals surface area contributed by atoms with Gasteiger partial charge in [-0.2, -0.15) is 0 Å². The number of rotatable bonds is 7. The van der Waals surface area contributed by atoms with Crippen molar-refractivity contribution in [1.29, 1.82) is 0 Å². The van der Waals surface area contributed by atoms with Crippen LogP contribution >= 0.6 is 48.0 Å². The predicted octanol–water partition coefficient (Wildman–Crippen LogP) is 0.378. The second-order valence-corrected chi connectivity index (χ2v) is 7.82. The van der Waals surface area contributed by atoms with Gasteiger partial charge in [0.05, 0.1) is 11.5 Å². The van der Waals surface area contributed by atoms with Crippen molar-refractivity contribution in [1.82, 2.24) is 20.4 Å². The Morgan fingerprint density at radius 2 is 1.14 bits per heavy atom. The molecule has 0 saturated heterocycles. The fraction of sp³-hybridized carbons (Fsp3) is 0.667. The van der Waals surface area contributed by atoms with Crippen molar-refractivity contribution in [3.63, 3.8) is 0 Å². The summed E-state index contributed by atoms with van der Waals surface area (Å²) in [5, 5.41) is 5.44. The van der Waals surface area contributed by atoms with Crippen molar-refractivity contribution < 1.29 is 9.59 Å². The molecule has 126 valence electrons. The van der Waals surface area contributed by atoms with Crippen LogP contribution in [0, 0.1) is 0 Å². The monoisotopic (exact) mass is 382 g/mol. The lowest BCUT2D eigenvalue weighted by molar-refractivity contribution is -0.120. The molecule has 0 aliphatic heterocycles. The molecule has 0 aromatic carbocycles. The topological polar surface area (TPSA) is 64.7 Å². The second-order valence-electron chi connectivity index (χ2n) is 4.60. The molecule has 22 heavy (non-hydrogen) atoms. The first-order valence-corrected chi connectivity index (χ1v) is 9.24. The van der Waals surface area contributed by atoms with E-state index in [-0.39, 0.29) is 23.3 Å². The Hall–Kier alpha value is -0.580. The summed E-state index contributed by atoms with van der Waals surface area (Å²) in [6.07, 6.45) is 0. The first kappa shape index (κ1) is 21.4. The Labute approximate surface area is 151 Å². The van der Waals surface area contributed by atoms with E-state index >= 15 is 0 Å². The molecule has 0 bridgehead atoms. The largest absolute Gasteiger partial charge is 0.364 e. The third-order valence-electron chi connectivity index (χ3n) is 2.15. The number of thioether (sulfide) groups is 2. The van der Waals surface area contributed by atoms with Gasteiger partial charge in [0.2, 0.25) is 11.8 Å². The van der Waals surface area contributed by atoms with Crippen LogP contribution in [0.3, 0.4) is 0 Å². The Morgan fingerprint density at radius 1 is 0.818 bits per heavy atom. The van der Waals surface area contributed by atoms with Crippen LogP contribution in [0.5, 0.6) is 0 Å². The first-order valence-electron chi connectivity index (χ1n) is 6.45. The zero-order valence-electron chi connectivity index (χ0n) is 13.2. The minimum atomic E-state index is -0.105. The average molecular weight is 383 g/mol. The molecule has 0 unspecified atom stereocenters. The van der Waals surface area contributed by atoms with Gasteiger partial charge in [0.15, 0.2) is 0 Å². The lowest BCUT2D eigenvalue weighted by Gasteiger charge is -2.13. The quantitative estimate of drug-likeness (QED) is 0.484. The minimum Gasteiger partial charge on any atom is -0.364 e. The van der Waals surface area contributed by atoms with Gasteiger partial charge in [0.1, 0.15) is 8.64 Å². The summed E-state index contributed by atoms with van der Waals surface area (Å²) in [5.41, 5.74) is 0. The number of hydrogen-bond donors (Lipinski definition) is 2. The number of thiocarbonyl (C=S) groups is 2. The summed E-state index contributed by atoms with van der Waals surface area (Å²) in [7, 11) is 7.34. The van der Waals surface area contributed by atoms with Gasteiger partial charge < -0.3 is 20.4 Å². The molecule has 0 heterocycles. The van der Waals surface area contributed by atoms with Crippen molar-refractivity contribution in [3.8, 4) is 0 Å². The highest BCUT2D eigenvalue weighted by Gasteiger charge is 2.07. The molecular weight excluding hydrogens is 360 g/mol. The van der Waals surface area contributed by atoms with Gasteiger partial charge in [-0.3, -0.25) is 9.59 Å². The Bertz CT molecular complexity index is 378. The number of nitrogens with one attached hydrogen (secondary N) is 2. The van der Waals surface area contributed by atoms with E-state index in [1.165, 1.54) is 23.5 Å². The Kier molecular flexibility index (Phi) is 11.6. The normalized spacial score (nSPS) is 9.82. The lowest BCUT2D eigenvalue weighted by Crippen LogP contribution is -2.36. The van der Waals surface area contributed by atoms with E-state index in [2.05, 4.69) is 10.6 Å². The summed E-state index contributed by atoms with van der Waals surface area (Å²) in [4.78, 5) is 26.7. The average Bonchev–Trinajstić information content (AvgIpc) is 2.46. The van der Waals surface area contributed by atoms with Crippen molar-refractivity contribution in [2.75, 3.05) is 52.8 Å². The van der Waals surface area contributed by atoms with Gasteiger partial charge >= 0.3 is 0 Å². The standard InChI is InChI=1S/C12H22N4O2S4/c1-15(2)11(19)21-7-9(17)13-5-6-14-10(18)8-22-12(20)16(3)4/h5-8H2,1-4H3,(H,13,17)(H,14,18). The molecule has 2 amide bonds. The number of nitrogens with zero attached hydrogens (tertiary/aromatic N) is 2. The maximum Gasteiger partial charge on any atom is 0.230 e. The summed E-state index contributed by atoms with van der Waals surface area (Å²) in [6.45, 7) is 0.783. The molecule has 0 atom stereocenters. The summed E-state index contributed by atoms with van der Waals surface area (Å²) in [5.74, 6) is 0.341. The minimum absolute atomic E-state index is 0.105. The van der Waals surface area contributed by atoms with Crippen molar-refractivity contribution in [3.05, 3.63) is 0 Å². The smallest absolute Gasteiger partial charge is 0.230 e. The summed E-state index contributed by atoms with van der Waals surface area (Å²) >= 11 is 12.8. The van der Waals surface area contributed by atoms with Crippen LogP contribution in [0.2, 0.25) is 0 Å². The maximum atomic E-state index is 11.6. The Balaban J connectivity index is 3.67. The fourth-order valence-corrected chi connectivity index (χ4v) is 2.60. The summed E-state index contributed by atoms with van der Waals surface area (Å²) in [6, 6.07) is 0. The molecule has 0 fully saturated rings. The Morgan fingerprint density at radius 3 is 1.41 bits per heavy atom. The lowest BCUT2D eigenvalue weighted by atomic mass is 10.5. The maximum absolute atomic E-state index is 11.6. The highest BCUT2D eigenvalue weighted by Crippen LogP contribution is 2.06. The zero-order valence-corrected chi connectivity index (χ0v) is 16.4. The van der Waals surface area contributed by atoms with Crippen LogP contribution in [-0.4, -0.2) is 83.0 Å². The number of carbonyl (C=O) groups is 2. The van der Waals surface area contributed by atoms with Gasteiger partial charge in [-0.1, -0.05) is 48.0 Å². The van der Waals surface area contributed by atoms with Crippen LogP contribution in [0.4, 0.5) is 0 Å². The van der Waals surface area contributed by atoms with Gasteiger partial charge in [0.25, 0.3) is 0 Å². The molecule has 0 aliphatic rings. The SMILES string of the molecule is CN(C)C(=S)SCC(=O)NCCNC(=O)CSC(=S)N(C)C. The summed E-state index contributed by atoms with van der Waals surface area (Å²) < 4.78 is 1.33. The van der Waals surface area contributed by atoms with Crippen LogP contribution < -0.4 is 10.6 Å². The second kappa shape index (κ2) is 11.9. The van der Waals surface area contributed by atoms with Crippen molar-refractivity contribution in [2.45, 2.75) is 0 Å². The van der Waals surface area contributed by atoms with Crippen LogP contribution in [0.25, 0.3) is 0 Å². The van der Waals surface area contributed by atoms with E-state index in [9.17, 15) is 9.59 Å².